The second-order valence-electron chi connectivity index (χ2n) is 7.89. The first-order chi connectivity index (χ1) is 15.0. The Kier molecular flexibility index (Phi) is 4.69. The van der Waals surface area contributed by atoms with E-state index in [2.05, 4.69) is 10.4 Å². The van der Waals surface area contributed by atoms with Crippen LogP contribution in [0.4, 0.5) is 15.8 Å². The molecular weight excluding hydrogens is 397 g/mol. The van der Waals surface area contributed by atoms with Crippen molar-refractivity contribution in [2.24, 2.45) is 7.05 Å². The van der Waals surface area contributed by atoms with Crippen LogP contribution in [0.3, 0.4) is 0 Å². The van der Waals surface area contributed by atoms with Gasteiger partial charge in [-0.1, -0.05) is 6.07 Å². The lowest BCUT2D eigenvalue weighted by Crippen LogP contribution is -2.34. The first-order valence-electron chi connectivity index (χ1n) is 10.3. The van der Waals surface area contributed by atoms with Gasteiger partial charge in [-0.05, 0) is 48.6 Å². The topological polar surface area (TPSA) is 72.2 Å². The van der Waals surface area contributed by atoms with Crippen LogP contribution in [0.1, 0.15) is 12.8 Å². The van der Waals surface area contributed by atoms with Gasteiger partial charge in [0.1, 0.15) is 12.4 Å². The number of amides is 1. The Morgan fingerprint density at radius 2 is 1.94 bits per heavy atom. The number of pyridine rings is 1. The predicted octanol–water partition coefficient (Wildman–Crippen LogP) is 3.39. The van der Waals surface area contributed by atoms with Gasteiger partial charge in [-0.15, -0.1) is 0 Å². The Balaban J connectivity index is 1.55. The van der Waals surface area contributed by atoms with Crippen molar-refractivity contribution in [3.63, 3.8) is 0 Å². The molecule has 7 nitrogen and oxygen atoms in total. The minimum Gasteiger partial charge on any atom is -0.352 e. The first-order valence-corrected chi connectivity index (χ1v) is 10.3. The molecule has 2 aromatic carbocycles. The summed E-state index contributed by atoms with van der Waals surface area (Å²) in [6, 6.07) is 10.2. The summed E-state index contributed by atoms with van der Waals surface area (Å²) in [6.45, 7) is 1.39. The first kappa shape index (κ1) is 19.3. The number of nitrogens with one attached hydrogen (secondary N) is 1. The van der Waals surface area contributed by atoms with Gasteiger partial charge in [0.2, 0.25) is 5.91 Å². The highest BCUT2D eigenvalue weighted by atomic mass is 19.1. The summed E-state index contributed by atoms with van der Waals surface area (Å²) >= 11 is 0. The molecule has 1 aliphatic rings. The molecule has 3 heterocycles. The fraction of sp³-hybridized carbons (Fsp3) is 0.261. The van der Waals surface area contributed by atoms with E-state index in [4.69, 9.17) is 0 Å². The van der Waals surface area contributed by atoms with Crippen LogP contribution in [-0.4, -0.2) is 38.2 Å². The number of fused-ring (bicyclic) bond motifs is 2. The van der Waals surface area contributed by atoms with E-state index in [0.717, 1.165) is 36.8 Å². The summed E-state index contributed by atoms with van der Waals surface area (Å²) in [5.41, 5.74) is 1.31. The number of halogens is 1. The molecule has 31 heavy (non-hydrogen) atoms. The van der Waals surface area contributed by atoms with Gasteiger partial charge in [0.25, 0.3) is 5.56 Å². The van der Waals surface area contributed by atoms with E-state index < -0.39 is 11.4 Å². The van der Waals surface area contributed by atoms with Crippen molar-refractivity contribution in [2.75, 3.05) is 18.4 Å². The van der Waals surface area contributed by atoms with Crippen molar-refractivity contribution in [2.45, 2.75) is 19.4 Å². The number of anilines is 2. The van der Waals surface area contributed by atoms with E-state index in [1.165, 1.54) is 10.6 Å². The van der Waals surface area contributed by atoms with Gasteiger partial charge in [-0.2, -0.15) is 5.10 Å². The standard InChI is InChI=1S/C23H22FN5O2/c1-27-19-7-5-17(12-16(19)13-25-27)26-22-18(24)6-4-15-8-11-29(23(31)21(15)22)14-20(30)28-9-2-3-10-28/h4-8,11-13,26H,2-3,9-10,14H2,1H3. The van der Waals surface area contributed by atoms with Crippen LogP contribution in [0.2, 0.25) is 0 Å². The highest BCUT2D eigenvalue weighted by molar-refractivity contribution is 5.96. The molecule has 0 aliphatic carbocycles. The van der Waals surface area contributed by atoms with Crippen LogP contribution in [0, 0.1) is 5.82 Å². The average molecular weight is 419 g/mol. The smallest absolute Gasteiger partial charge is 0.261 e. The van der Waals surface area contributed by atoms with Crippen LogP contribution in [-0.2, 0) is 18.4 Å². The van der Waals surface area contributed by atoms with Crippen molar-refractivity contribution in [3.8, 4) is 0 Å². The van der Waals surface area contributed by atoms with E-state index in [1.807, 2.05) is 25.2 Å². The Morgan fingerprint density at radius 3 is 2.74 bits per heavy atom. The zero-order valence-corrected chi connectivity index (χ0v) is 17.1. The molecule has 1 aliphatic heterocycles. The highest BCUT2D eigenvalue weighted by Crippen LogP contribution is 2.29. The Hall–Kier alpha value is -3.68. The van der Waals surface area contributed by atoms with E-state index >= 15 is 0 Å². The van der Waals surface area contributed by atoms with Gasteiger partial charge in [0, 0.05) is 37.4 Å². The molecule has 8 heteroatoms. The fourth-order valence-corrected chi connectivity index (χ4v) is 4.19. The van der Waals surface area contributed by atoms with Gasteiger partial charge in [0.05, 0.1) is 22.8 Å². The molecule has 0 bridgehead atoms. The van der Waals surface area contributed by atoms with Crippen LogP contribution in [0.25, 0.3) is 21.7 Å². The Morgan fingerprint density at radius 1 is 1.13 bits per heavy atom. The number of nitrogens with zero attached hydrogens (tertiary/aromatic N) is 4. The molecule has 158 valence electrons. The molecule has 0 saturated carbocycles. The third-order valence-corrected chi connectivity index (χ3v) is 5.88. The van der Waals surface area contributed by atoms with Crippen LogP contribution < -0.4 is 10.9 Å². The molecule has 0 spiro atoms. The minimum absolute atomic E-state index is 0.0492. The van der Waals surface area contributed by atoms with Gasteiger partial charge in [0.15, 0.2) is 0 Å². The van der Waals surface area contributed by atoms with Gasteiger partial charge < -0.3 is 14.8 Å². The van der Waals surface area contributed by atoms with Gasteiger partial charge in [-0.3, -0.25) is 14.3 Å². The molecular formula is C23H22FN5O2. The zero-order valence-electron chi connectivity index (χ0n) is 17.1. The predicted molar refractivity (Wildman–Crippen MR) is 118 cm³/mol. The number of aryl methyl sites for hydroxylation is 1. The number of rotatable bonds is 4. The normalized spacial score (nSPS) is 13.9. The molecule has 1 N–H and O–H groups in total. The molecule has 0 atom stereocenters. The van der Waals surface area contributed by atoms with Gasteiger partial charge >= 0.3 is 0 Å². The summed E-state index contributed by atoms with van der Waals surface area (Å²) in [4.78, 5) is 27.5. The van der Waals surface area contributed by atoms with E-state index in [0.29, 0.717) is 11.1 Å². The average Bonchev–Trinajstić information content (AvgIpc) is 3.42. The Labute approximate surface area is 177 Å². The largest absolute Gasteiger partial charge is 0.352 e. The monoisotopic (exact) mass is 419 g/mol. The third kappa shape index (κ3) is 3.43. The summed E-state index contributed by atoms with van der Waals surface area (Å²) in [5.74, 6) is -0.619. The van der Waals surface area contributed by atoms with E-state index in [9.17, 15) is 14.0 Å². The number of hydrogen-bond acceptors (Lipinski definition) is 4. The van der Waals surface area contributed by atoms with E-state index in [-0.39, 0.29) is 23.5 Å². The fourth-order valence-electron chi connectivity index (χ4n) is 4.19. The maximum Gasteiger partial charge on any atom is 0.261 e. The molecule has 4 aromatic rings. The molecule has 0 radical (unpaired) electrons. The van der Waals surface area contributed by atoms with Gasteiger partial charge in [-0.25, -0.2) is 4.39 Å². The van der Waals surface area contributed by atoms with Crippen LogP contribution in [0.15, 0.2) is 53.6 Å². The quantitative estimate of drug-likeness (QED) is 0.550. The van der Waals surface area contributed by atoms with Crippen molar-refractivity contribution in [1.82, 2.24) is 19.2 Å². The van der Waals surface area contributed by atoms with E-state index in [1.54, 1.807) is 34.1 Å². The molecule has 1 amide bonds. The maximum atomic E-state index is 14.8. The summed E-state index contributed by atoms with van der Waals surface area (Å²) < 4.78 is 18.0. The van der Waals surface area contributed by atoms with Crippen molar-refractivity contribution < 1.29 is 9.18 Å². The number of likely N-dealkylation sites (tertiary alicyclic amines) is 1. The third-order valence-electron chi connectivity index (χ3n) is 5.88. The molecule has 1 saturated heterocycles. The summed E-state index contributed by atoms with van der Waals surface area (Å²) in [5, 5.41) is 9.04. The number of carbonyl (C=O) groups excluding carboxylic acids is 1. The number of aromatic nitrogens is 3. The summed E-state index contributed by atoms with van der Waals surface area (Å²) in [7, 11) is 1.85. The lowest BCUT2D eigenvalue weighted by molar-refractivity contribution is -0.130. The second-order valence-corrected chi connectivity index (χ2v) is 7.89. The SMILES string of the molecule is Cn1ncc2cc(Nc3c(F)ccc4ccn(CC(=O)N5CCCC5)c(=O)c34)ccc21. The number of carbonyl (C=O) groups is 1. The molecule has 2 aromatic heterocycles. The van der Waals surface area contributed by atoms with Crippen molar-refractivity contribution in [3.05, 3.63) is 65.0 Å². The van der Waals surface area contributed by atoms with Crippen molar-refractivity contribution >= 4 is 39.0 Å². The molecule has 1 fully saturated rings. The highest BCUT2D eigenvalue weighted by Gasteiger charge is 2.20. The minimum atomic E-state index is -0.528. The summed E-state index contributed by atoms with van der Waals surface area (Å²) in [6.07, 6.45) is 5.30. The zero-order chi connectivity index (χ0) is 21.5. The maximum absolute atomic E-state index is 14.8. The second kappa shape index (κ2) is 7.54. The molecule has 0 unspecified atom stereocenters. The molecule has 5 rings (SSSR count). The lowest BCUT2D eigenvalue weighted by atomic mass is 10.1. The van der Waals surface area contributed by atoms with Crippen molar-refractivity contribution in [1.29, 1.82) is 0 Å². The van der Waals surface area contributed by atoms with Crippen LogP contribution >= 0.6 is 0 Å². The Bertz CT molecular complexity index is 1370. The number of hydrogen-bond donors (Lipinski definition) is 1. The van der Waals surface area contributed by atoms with Crippen LogP contribution in [0.5, 0.6) is 0 Å². The number of benzene rings is 2. The lowest BCUT2D eigenvalue weighted by Gasteiger charge is -2.17.